The molecular weight excluding hydrogens is 200 g/mol. The van der Waals surface area contributed by atoms with E-state index in [0.717, 1.165) is 30.8 Å². The van der Waals surface area contributed by atoms with Crippen LogP contribution in [-0.4, -0.2) is 5.79 Å². The van der Waals surface area contributed by atoms with E-state index in [-0.39, 0.29) is 5.79 Å². The Labute approximate surface area is 96.6 Å². The third kappa shape index (κ3) is 1.48. The lowest BCUT2D eigenvalue weighted by atomic mass is 9.94. The van der Waals surface area contributed by atoms with Gasteiger partial charge in [0, 0.05) is 12.8 Å². The molecule has 1 heterocycles. The summed E-state index contributed by atoms with van der Waals surface area (Å²) < 4.78 is 12.2. The molecule has 1 fully saturated rings. The van der Waals surface area contributed by atoms with Gasteiger partial charge in [-0.15, -0.1) is 0 Å². The van der Waals surface area contributed by atoms with Crippen molar-refractivity contribution in [3.8, 4) is 11.5 Å². The topological polar surface area (TPSA) is 18.5 Å². The first-order chi connectivity index (χ1) is 7.83. The highest BCUT2D eigenvalue weighted by Crippen LogP contribution is 2.47. The summed E-state index contributed by atoms with van der Waals surface area (Å²) in [6.45, 7) is 2.16. The molecule has 0 radical (unpaired) electrons. The van der Waals surface area contributed by atoms with E-state index in [9.17, 15) is 0 Å². The SMILES string of the molecule is CCc1cccc2c1OC1(CCCCC1)O2. The van der Waals surface area contributed by atoms with Gasteiger partial charge in [-0.3, -0.25) is 0 Å². The molecule has 0 saturated heterocycles. The van der Waals surface area contributed by atoms with Gasteiger partial charge in [0.05, 0.1) is 0 Å². The molecule has 1 aliphatic heterocycles. The van der Waals surface area contributed by atoms with Crippen LogP contribution in [0.25, 0.3) is 0 Å². The average Bonchev–Trinajstić information content (AvgIpc) is 2.67. The quantitative estimate of drug-likeness (QED) is 0.716. The van der Waals surface area contributed by atoms with Crippen molar-refractivity contribution in [2.45, 2.75) is 51.2 Å². The Morgan fingerprint density at radius 2 is 1.94 bits per heavy atom. The number of hydrogen-bond acceptors (Lipinski definition) is 2. The molecule has 0 bridgehead atoms. The molecule has 3 rings (SSSR count). The third-order valence-electron chi connectivity index (χ3n) is 3.64. The van der Waals surface area contributed by atoms with Gasteiger partial charge in [-0.25, -0.2) is 0 Å². The van der Waals surface area contributed by atoms with Gasteiger partial charge in [-0.05, 0) is 30.9 Å². The first kappa shape index (κ1) is 10.0. The Morgan fingerprint density at radius 3 is 2.69 bits per heavy atom. The molecule has 2 heteroatoms. The molecule has 0 unspecified atom stereocenters. The van der Waals surface area contributed by atoms with Crippen molar-refractivity contribution in [3.05, 3.63) is 23.8 Å². The summed E-state index contributed by atoms with van der Waals surface area (Å²) in [6.07, 6.45) is 6.81. The number of para-hydroxylation sites is 1. The maximum absolute atomic E-state index is 6.14. The van der Waals surface area contributed by atoms with E-state index in [0.29, 0.717) is 0 Å². The van der Waals surface area contributed by atoms with Crippen molar-refractivity contribution >= 4 is 0 Å². The lowest BCUT2D eigenvalue weighted by Crippen LogP contribution is -2.40. The molecule has 2 nitrogen and oxygen atoms in total. The van der Waals surface area contributed by atoms with E-state index in [1.807, 2.05) is 6.07 Å². The average molecular weight is 218 g/mol. The van der Waals surface area contributed by atoms with Gasteiger partial charge in [0.2, 0.25) is 0 Å². The molecule has 0 N–H and O–H groups in total. The van der Waals surface area contributed by atoms with Crippen LogP contribution in [0.15, 0.2) is 18.2 Å². The zero-order valence-corrected chi connectivity index (χ0v) is 9.79. The second-order valence-corrected chi connectivity index (χ2v) is 4.77. The van der Waals surface area contributed by atoms with E-state index < -0.39 is 0 Å². The van der Waals surface area contributed by atoms with Gasteiger partial charge in [0.15, 0.2) is 11.5 Å². The van der Waals surface area contributed by atoms with E-state index in [4.69, 9.17) is 9.47 Å². The van der Waals surface area contributed by atoms with Crippen molar-refractivity contribution in [2.75, 3.05) is 0 Å². The van der Waals surface area contributed by atoms with Crippen LogP contribution in [0.3, 0.4) is 0 Å². The lowest BCUT2D eigenvalue weighted by molar-refractivity contribution is -0.105. The maximum Gasteiger partial charge on any atom is 0.251 e. The van der Waals surface area contributed by atoms with Crippen LogP contribution in [0.1, 0.15) is 44.6 Å². The molecule has 1 aromatic carbocycles. The Kier molecular flexibility index (Phi) is 2.31. The summed E-state index contributed by atoms with van der Waals surface area (Å²) in [5.74, 6) is 1.61. The van der Waals surface area contributed by atoms with Crippen LogP contribution in [0.2, 0.25) is 0 Å². The summed E-state index contributed by atoms with van der Waals surface area (Å²) in [4.78, 5) is 0. The van der Waals surface area contributed by atoms with Crippen molar-refractivity contribution < 1.29 is 9.47 Å². The standard InChI is InChI=1S/C14H18O2/c1-2-11-7-6-8-12-13(11)16-14(15-12)9-4-3-5-10-14/h6-8H,2-5,9-10H2,1H3. The Morgan fingerprint density at radius 1 is 1.12 bits per heavy atom. The second kappa shape index (κ2) is 3.69. The molecule has 1 saturated carbocycles. The number of fused-ring (bicyclic) bond motifs is 1. The number of ether oxygens (including phenoxy) is 2. The second-order valence-electron chi connectivity index (χ2n) is 4.77. The predicted molar refractivity (Wildman–Crippen MR) is 62.9 cm³/mol. The summed E-state index contributed by atoms with van der Waals surface area (Å²) in [6, 6.07) is 6.21. The molecule has 1 aromatic rings. The predicted octanol–water partition coefficient (Wildman–Crippen LogP) is 3.68. The highest BCUT2D eigenvalue weighted by atomic mass is 16.7. The number of aryl methyl sites for hydroxylation is 1. The maximum atomic E-state index is 6.14. The fourth-order valence-electron chi connectivity index (χ4n) is 2.74. The largest absolute Gasteiger partial charge is 0.448 e. The summed E-state index contributed by atoms with van der Waals surface area (Å²) in [7, 11) is 0. The summed E-state index contributed by atoms with van der Waals surface area (Å²) in [5.41, 5.74) is 1.26. The normalized spacial score (nSPS) is 21.3. The van der Waals surface area contributed by atoms with Gasteiger partial charge in [0.25, 0.3) is 5.79 Å². The lowest BCUT2D eigenvalue weighted by Gasteiger charge is -2.31. The van der Waals surface area contributed by atoms with Gasteiger partial charge >= 0.3 is 0 Å². The highest BCUT2D eigenvalue weighted by Gasteiger charge is 2.42. The van der Waals surface area contributed by atoms with Crippen LogP contribution in [-0.2, 0) is 6.42 Å². The van der Waals surface area contributed by atoms with E-state index in [1.54, 1.807) is 0 Å². The minimum Gasteiger partial charge on any atom is -0.448 e. The van der Waals surface area contributed by atoms with E-state index in [2.05, 4.69) is 19.1 Å². The molecule has 1 spiro atoms. The van der Waals surface area contributed by atoms with Crippen LogP contribution in [0.5, 0.6) is 11.5 Å². The minimum atomic E-state index is -0.328. The van der Waals surface area contributed by atoms with Crippen LogP contribution < -0.4 is 9.47 Å². The molecule has 16 heavy (non-hydrogen) atoms. The molecule has 1 aliphatic carbocycles. The Bertz CT molecular complexity index is 392. The van der Waals surface area contributed by atoms with Crippen molar-refractivity contribution in [3.63, 3.8) is 0 Å². The smallest absolute Gasteiger partial charge is 0.251 e. The number of rotatable bonds is 1. The summed E-state index contributed by atoms with van der Waals surface area (Å²) >= 11 is 0. The van der Waals surface area contributed by atoms with Crippen LogP contribution in [0.4, 0.5) is 0 Å². The van der Waals surface area contributed by atoms with E-state index >= 15 is 0 Å². The van der Waals surface area contributed by atoms with Crippen LogP contribution in [0, 0.1) is 0 Å². The zero-order chi connectivity index (χ0) is 11.0. The van der Waals surface area contributed by atoms with Crippen molar-refractivity contribution in [2.24, 2.45) is 0 Å². The van der Waals surface area contributed by atoms with Crippen molar-refractivity contribution in [1.82, 2.24) is 0 Å². The monoisotopic (exact) mass is 218 g/mol. The molecule has 0 atom stereocenters. The molecule has 0 aromatic heterocycles. The number of hydrogen-bond donors (Lipinski definition) is 0. The minimum absolute atomic E-state index is 0.328. The summed E-state index contributed by atoms with van der Waals surface area (Å²) in [5, 5.41) is 0. The first-order valence-electron chi connectivity index (χ1n) is 6.33. The van der Waals surface area contributed by atoms with Gasteiger partial charge in [0.1, 0.15) is 0 Å². The molecular formula is C14H18O2. The molecule has 86 valence electrons. The zero-order valence-electron chi connectivity index (χ0n) is 9.79. The van der Waals surface area contributed by atoms with Gasteiger partial charge < -0.3 is 9.47 Å². The highest BCUT2D eigenvalue weighted by molar-refractivity contribution is 5.49. The fourth-order valence-corrected chi connectivity index (χ4v) is 2.74. The fraction of sp³-hybridized carbons (Fsp3) is 0.571. The van der Waals surface area contributed by atoms with E-state index in [1.165, 1.54) is 24.8 Å². The third-order valence-corrected chi connectivity index (χ3v) is 3.64. The molecule has 0 amide bonds. The Balaban J connectivity index is 1.93. The van der Waals surface area contributed by atoms with Crippen LogP contribution >= 0.6 is 0 Å². The molecule has 2 aliphatic rings. The van der Waals surface area contributed by atoms with Crippen molar-refractivity contribution in [1.29, 1.82) is 0 Å². The number of benzene rings is 1. The van der Waals surface area contributed by atoms with Gasteiger partial charge in [-0.2, -0.15) is 0 Å². The first-order valence-corrected chi connectivity index (χ1v) is 6.33. The van der Waals surface area contributed by atoms with Gasteiger partial charge in [-0.1, -0.05) is 25.5 Å². The Hall–Kier alpha value is -1.18.